The smallest absolute Gasteiger partial charge is 0.145 e. The van der Waals surface area contributed by atoms with E-state index >= 15 is 0 Å². The van der Waals surface area contributed by atoms with Gasteiger partial charge in [-0.2, -0.15) is 0 Å². The zero-order valence-corrected chi connectivity index (χ0v) is 6.84. The Morgan fingerprint density at radius 1 is 1.27 bits per heavy atom. The van der Waals surface area contributed by atoms with E-state index in [0.29, 0.717) is 19.8 Å². The Morgan fingerprint density at radius 2 is 2.00 bits per heavy atom. The molecule has 0 heterocycles. The molecule has 4 heteroatoms. The molecule has 0 saturated carbocycles. The summed E-state index contributed by atoms with van der Waals surface area (Å²) in [5, 5.41) is 2.95. The van der Waals surface area contributed by atoms with Gasteiger partial charge in [-0.05, 0) is 7.05 Å². The first-order valence-corrected chi connectivity index (χ1v) is 3.65. The standard InChI is InChI=1S/C7H15NO3/c1-8-2-4-10-6-7-11-5-3-9/h3,8H,2,4-7H2,1H3. The van der Waals surface area contributed by atoms with Crippen LogP contribution in [0, 0.1) is 0 Å². The highest BCUT2D eigenvalue weighted by Crippen LogP contribution is 1.75. The molecule has 0 aromatic heterocycles. The van der Waals surface area contributed by atoms with Gasteiger partial charge in [-0.1, -0.05) is 0 Å². The van der Waals surface area contributed by atoms with E-state index in [-0.39, 0.29) is 6.61 Å². The highest BCUT2D eigenvalue weighted by molar-refractivity contribution is 5.50. The van der Waals surface area contributed by atoms with Crippen molar-refractivity contribution in [1.82, 2.24) is 5.32 Å². The van der Waals surface area contributed by atoms with E-state index < -0.39 is 0 Å². The van der Waals surface area contributed by atoms with Gasteiger partial charge in [0.15, 0.2) is 0 Å². The molecule has 0 amide bonds. The lowest BCUT2D eigenvalue weighted by molar-refractivity contribution is -0.112. The second-order valence-electron chi connectivity index (χ2n) is 1.96. The van der Waals surface area contributed by atoms with Gasteiger partial charge in [-0.25, -0.2) is 0 Å². The normalized spacial score (nSPS) is 9.91. The summed E-state index contributed by atoms with van der Waals surface area (Å²) in [4.78, 5) is 9.76. The van der Waals surface area contributed by atoms with Crippen LogP contribution < -0.4 is 5.32 Å². The molecule has 4 nitrogen and oxygen atoms in total. The largest absolute Gasteiger partial charge is 0.378 e. The minimum absolute atomic E-state index is 0.162. The van der Waals surface area contributed by atoms with E-state index in [4.69, 9.17) is 9.47 Å². The maximum absolute atomic E-state index is 9.76. The van der Waals surface area contributed by atoms with Crippen molar-refractivity contribution in [2.24, 2.45) is 0 Å². The van der Waals surface area contributed by atoms with Gasteiger partial charge in [0, 0.05) is 6.54 Å². The van der Waals surface area contributed by atoms with E-state index in [2.05, 4.69) is 5.32 Å². The zero-order chi connectivity index (χ0) is 8.36. The van der Waals surface area contributed by atoms with E-state index in [1.807, 2.05) is 7.05 Å². The van der Waals surface area contributed by atoms with E-state index in [9.17, 15) is 4.79 Å². The van der Waals surface area contributed by atoms with Crippen LogP contribution >= 0.6 is 0 Å². The quantitative estimate of drug-likeness (QED) is 0.383. The molecule has 0 spiro atoms. The molecule has 0 aromatic carbocycles. The number of ether oxygens (including phenoxy) is 2. The molecular formula is C7H15NO3. The molecule has 0 aliphatic heterocycles. The van der Waals surface area contributed by atoms with Crippen LogP contribution in [0.5, 0.6) is 0 Å². The predicted molar refractivity (Wildman–Crippen MR) is 41.6 cm³/mol. The Kier molecular flexibility index (Phi) is 9.16. The van der Waals surface area contributed by atoms with E-state index in [1.165, 1.54) is 0 Å². The predicted octanol–water partition coefficient (Wildman–Crippen LogP) is -0.562. The van der Waals surface area contributed by atoms with Crippen molar-refractivity contribution >= 4 is 6.29 Å². The molecular weight excluding hydrogens is 146 g/mol. The molecule has 0 aliphatic rings. The minimum atomic E-state index is 0.162. The Hall–Kier alpha value is -0.450. The Labute approximate surface area is 66.9 Å². The molecule has 0 unspecified atom stereocenters. The summed E-state index contributed by atoms with van der Waals surface area (Å²) in [6.45, 7) is 2.72. The van der Waals surface area contributed by atoms with E-state index in [1.54, 1.807) is 0 Å². The SMILES string of the molecule is CNCCOCCOCC=O. The highest BCUT2D eigenvalue weighted by atomic mass is 16.5. The third-order valence-corrected chi connectivity index (χ3v) is 1.05. The summed E-state index contributed by atoms with van der Waals surface area (Å²) in [7, 11) is 1.87. The number of nitrogens with one attached hydrogen (secondary N) is 1. The number of hydrogen-bond acceptors (Lipinski definition) is 4. The Morgan fingerprint density at radius 3 is 2.64 bits per heavy atom. The van der Waals surface area contributed by atoms with Crippen molar-refractivity contribution < 1.29 is 14.3 Å². The number of carbonyl (C=O) groups is 1. The molecule has 1 N–H and O–H groups in total. The summed E-state index contributed by atoms with van der Waals surface area (Å²) >= 11 is 0. The maximum atomic E-state index is 9.76. The Bertz CT molecular complexity index is 87.8. The van der Waals surface area contributed by atoms with Gasteiger partial charge in [0.2, 0.25) is 0 Å². The Balaban J connectivity index is 2.74. The van der Waals surface area contributed by atoms with Gasteiger partial charge in [-0.15, -0.1) is 0 Å². The molecule has 0 saturated heterocycles. The average Bonchev–Trinajstić information content (AvgIpc) is 2.03. The number of carbonyl (C=O) groups excluding carboxylic acids is 1. The fraction of sp³-hybridized carbons (Fsp3) is 0.857. The highest BCUT2D eigenvalue weighted by Gasteiger charge is 1.87. The van der Waals surface area contributed by atoms with Crippen LogP contribution in [0.25, 0.3) is 0 Å². The monoisotopic (exact) mass is 161 g/mol. The second-order valence-corrected chi connectivity index (χ2v) is 1.96. The van der Waals surface area contributed by atoms with Gasteiger partial charge >= 0.3 is 0 Å². The van der Waals surface area contributed by atoms with E-state index in [0.717, 1.165) is 12.8 Å². The van der Waals surface area contributed by atoms with Crippen molar-refractivity contribution in [2.45, 2.75) is 0 Å². The second kappa shape index (κ2) is 9.55. The molecule has 66 valence electrons. The number of rotatable bonds is 8. The van der Waals surface area contributed by atoms with Gasteiger partial charge in [0.05, 0.1) is 19.8 Å². The summed E-state index contributed by atoms with van der Waals surface area (Å²) in [6.07, 6.45) is 0.730. The van der Waals surface area contributed by atoms with Crippen molar-refractivity contribution in [3.05, 3.63) is 0 Å². The molecule has 0 aliphatic carbocycles. The summed E-state index contributed by atoms with van der Waals surface area (Å²) < 4.78 is 9.97. The fourth-order valence-corrected chi connectivity index (χ4v) is 0.526. The molecule has 0 bridgehead atoms. The molecule has 0 rings (SSSR count). The zero-order valence-electron chi connectivity index (χ0n) is 6.84. The van der Waals surface area contributed by atoms with Crippen LogP contribution in [0.3, 0.4) is 0 Å². The maximum Gasteiger partial charge on any atom is 0.145 e. The summed E-state index contributed by atoms with van der Waals surface area (Å²) in [5.74, 6) is 0. The number of likely N-dealkylation sites (N-methyl/N-ethyl adjacent to an activating group) is 1. The van der Waals surface area contributed by atoms with Crippen LogP contribution in [0.15, 0.2) is 0 Å². The van der Waals surface area contributed by atoms with Crippen LogP contribution in [-0.2, 0) is 14.3 Å². The van der Waals surface area contributed by atoms with Crippen molar-refractivity contribution in [3.63, 3.8) is 0 Å². The van der Waals surface area contributed by atoms with Crippen molar-refractivity contribution in [3.8, 4) is 0 Å². The molecule has 0 atom stereocenters. The van der Waals surface area contributed by atoms with Crippen LogP contribution in [-0.4, -0.2) is 46.3 Å². The first kappa shape index (κ1) is 10.6. The van der Waals surface area contributed by atoms with Crippen LogP contribution in [0.4, 0.5) is 0 Å². The third-order valence-electron chi connectivity index (χ3n) is 1.05. The van der Waals surface area contributed by atoms with Crippen molar-refractivity contribution in [1.29, 1.82) is 0 Å². The first-order valence-electron chi connectivity index (χ1n) is 3.65. The topological polar surface area (TPSA) is 47.6 Å². The van der Waals surface area contributed by atoms with Gasteiger partial charge in [0.1, 0.15) is 12.9 Å². The van der Waals surface area contributed by atoms with Crippen LogP contribution in [0.2, 0.25) is 0 Å². The molecule has 0 radical (unpaired) electrons. The van der Waals surface area contributed by atoms with Crippen molar-refractivity contribution in [2.75, 3.05) is 40.0 Å². The molecule has 11 heavy (non-hydrogen) atoms. The van der Waals surface area contributed by atoms with Gasteiger partial charge in [-0.3, -0.25) is 0 Å². The minimum Gasteiger partial charge on any atom is -0.378 e. The number of hydrogen-bond donors (Lipinski definition) is 1. The van der Waals surface area contributed by atoms with Gasteiger partial charge in [0.25, 0.3) is 0 Å². The average molecular weight is 161 g/mol. The fourth-order valence-electron chi connectivity index (χ4n) is 0.526. The summed E-state index contributed by atoms with van der Waals surface area (Å²) in [5.41, 5.74) is 0. The molecule has 0 fully saturated rings. The lowest BCUT2D eigenvalue weighted by Crippen LogP contribution is -2.16. The van der Waals surface area contributed by atoms with Crippen LogP contribution in [0.1, 0.15) is 0 Å². The van der Waals surface area contributed by atoms with Gasteiger partial charge < -0.3 is 19.6 Å². The lowest BCUT2D eigenvalue weighted by atomic mass is 10.7. The molecule has 0 aromatic rings. The first-order chi connectivity index (χ1) is 5.41. The lowest BCUT2D eigenvalue weighted by Gasteiger charge is -2.02. The third kappa shape index (κ3) is 9.55. The number of aldehydes is 1. The summed E-state index contributed by atoms with van der Waals surface area (Å²) in [6, 6.07) is 0.